The fourth-order valence-corrected chi connectivity index (χ4v) is 4.33. The predicted molar refractivity (Wildman–Crippen MR) is 102 cm³/mol. The second-order valence-electron chi connectivity index (χ2n) is 8.02. The van der Waals surface area contributed by atoms with Crippen LogP contribution in [0.1, 0.15) is 49.0 Å². The van der Waals surface area contributed by atoms with Gasteiger partial charge in [0, 0.05) is 30.4 Å². The molecule has 3 N–H and O–H groups in total. The Balaban J connectivity index is 1.68. The van der Waals surface area contributed by atoms with Gasteiger partial charge in [0.2, 0.25) is 0 Å². The lowest BCUT2D eigenvalue weighted by atomic mass is 9.81. The van der Waals surface area contributed by atoms with E-state index in [0.29, 0.717) is 24.2 Å². The molecular formula is C20H27N3O4. The molecule has 146 valence electrons. The molecule has 1 saturated carbocycles. The Kier molecular flexibility index (Phi) is 5.13. The van der Waals surface area contributed by atoms with E-state index >= 15 is 0 Å². The maximum atomic E-state index is 12.6. The summed E-state index contributed by atoms with van der Waals surface area (Å²) in [4.78, 5) is 38.2. The minimum atomic E-state index is -0.795. The van der Waals surface area contributed by atoms with Crippen LogP contribution in [-0.4, -0.2) is 47.0 Å². The van der Waals surface area contributed by atoms with Gasteiger partial charge in [0.25, 0.3) is 5.91 Å². The molecule has 7 heteroatoms. The van der Waals surface area contributed by atoms with Gasteiger partial charge in [-0.15, -0.1) is 0 Å². The van der Waals surface area contributed by atoms with E-state index in [4.69, 9.17) is 0 Å². The van der Waals surface area contributed by atoms with Crippen LogP contribution in [0.4, 0.5) is 10.5 Å². The number of aryl methyl sites for hydroxylation is 1. The third-order valence-corrected chi connectivity index (χ3v) is 5.73. The van der Waals surface area contributed by atoms with E-state index in [9.17, 15) is 19.5 Å². The van der Waals surface area contributed by atoms with Crippen LogP contribution in [0.3, 0.4) is 0 Å². The normalized spacial score (nSPS) is 24.0. The topological polar surface area (TPSA) is 98.7 Å². The fourth-order valence-electron chi connectivity index (χ4n) is 4.33. The van der Waals surface area contributed by atoms with E-state index in [1.54, 1.807) is 23.1 Å². The first-order valence-electron chi connectivity index (χ1n) is 9.44. The van der Waals surface area contributed by atoms with Crippen molar-refractivity contribution in [2.24, 2.45) is 11.3 Å². The average Bonchev–Trinajstić information content (AvgIpc) is 3.12. The highest BCUT2D eigenvalue weighted by Crippen LogP contribution is 2.48. The highest BCUT2D eigenvalue weighted by atomic mass is 16.4. The van der Waals surface area contributed by atoms with Gasteiger partial charge in [-0.05, 0) is 63.3 Å². The summed E-state index contributed by atoms with van der Waals surface area (Å²) >= 11 is 0. The smallest absolute Gasteiger partial charge is 0.321 e. The van der Waals surface area contributed by atoms with Crippen molar-refractivity contribution in [1.29, 1.82) is 0 Å². The first-order valence-corrected chi connectivity index (χ1v) is 9.44. The molecule has 3 amide bonds. The summed E-state index contributed by atoms with van der Waals surface area (Å²) in [6.07, 6.45) is 2.40. The number of urea groups is 1. The number of fused-ring (bicyclic) bond motifs is 1. The van der Waals surface area contributed by atoms with Crippen LogP contribution in [0.5, 0.6) is 0 Å². The van der Waals surface area contributed by atoms with E-state index in [1.165, 1.54) is 0 Å². The third-order valence-electron chi connectivity index (χ3n) is 5.73. The highest BCUT2D eigenvalue weighted by Gasteiger charge is 2.55. The van der Waals surface area contributed by atoms with Gasteiger partial charge in [-0.25, -0.2) is 4.79 Å². The number of hydrogen-bond acceptors (Lipinski definition) is 3. The molecule has 2 fully saturated rings. The molecule has 1 aliphatic carbocycles. The van der Waals surface area contributed by atoms with Gasteiger partial charge in [0.05, 0.1) is 5.41 Å². The van der Waals surface area contributed by atoms with E-state index in [1.807, 2.05) is 20.8 Å². The van der Waals surface area contributed by atoms with Gasteiger partial charge in [-0.3, -0.25) is 9.59 Å². The number of nitrogens with one attached hydrogen (secondary N) is 2. The molecule has 0 spiro atoms. The molecule has 1 aromatic carbocycles. The lowest BCUT2D eigenvalue weighted by Crippen LogP contribution is -2.38. The van der Waals surface area contributed by atoms with Crippen molar-refractivity contribution in [1.82, 2.24) is 10.2 Å². The Morgan fingerprint density at radius 1 is 1.30 bits per heavy atom. The van der Waals surface area contributed by atoms with E-state index in [2.05, 4.69) is 10.6 Å². The number of carbonyl (C=O) groups excluding carboxylic acids is 2. The summed E-state index contributed by atoms with van der Waals surface area (Å²) in [7, 11) is 0. The Bertz CT molecular complexity index is 776. The van der Waals surface area contributed by atoms with E-state index < -0.39 is 11.4 Å². The first-order chi connectivity index (χ1) is 12.7. The zero-order chi connectivity index (χ0) is 19.8. The number of likely N-dealkylation sites (tertiary alicyclic amines) is 1. The zero-order valence-electron chi connectivity index (χ0n) is 16.0. The van der Waals surface area contributed by atoms with Crippen molar-refractivity contribution in [2.75, 3.05) is 18.4 Å². The van der Waals surface area contributed by atoms with Gasteiger partial charge >= 0.3 is 12.0 Å². The molecule has 1 heterocycles. The second-order valence-corrected chi connectivity index (χ2v) is 8.02. The van der Waals surface area contributed by atoms with Crippen LogP contribution in [0.15, 0.2) is 18.2 Å². The molecule has 0 radical (unpaired) electrons. The fraction of sp³-hybridized carbons (Fsp3) is 0.550. The maximum Gasteiger partial charge on any atom is 0.321 e. The SMILES string of the molecule is Cc1cc(NC(=O)N2C[C@@H]3CCC[C@@]3(C(=O)O)C2)ccc1C(=O)NC(C)C. The number of hydrogen-bond donors (Lipinski definition) is 3. The van der Waals surface area contributed by atoms with Crippen LogP contribution in [-0.2, 0) is 4.79 Å². The minimum Gasteiger partial charge on any atom is -0.481 e. The summed E-state index contributed by atoms with van der Waals surface area (Å²) in [5.74, 6) is -0.905. The summed E-state index contributed by atoms with van der Waals surface area (Å²) in [5.41, 5.74) is 1.15. The van der Waals surface area contributed by atoms with Gasteiger partial charge in [0.15, 0.2) is 0 Å². The highest BCUT2D eigenvalue weighted by molar-refractivity contribution is 5.97. The average molecular weight is 373 g/mol. The van der Waals surface area contributed by atoms with Crippen molar-refractivity contribution >= 4 is 23.6 Å². The Morgan fingerprint density at radius 3 is 2.63 bits per heavy atom. The third kappa shape index (κ3) is 3.63. The predicted octanol–water partition coefficient (Wildman–Crippen LogP) is 2.85. The molecule has 0 bridgehead atoms. The molecular weight excluding hydrogens is 346 g/mol. The van der Waals surface area contributed by atoms with Crippen molar-refractivity contribution in [3.63, 3.8) is 0 Å². The van der Waals surface area contributed by atoms with Crippen LogP contribution in [0.2, 0.25) is 0 Å². The van der Waals surface area contributed by atoms with Gasteiger partial charge in [-0.2, -0.15) is 0 Å². The molecule has 2 atom stereocenters. The quantitative estimate of drug-likeness (QED) is 0.756. The van der Waals surface area contributed by atoms with Gasteiger partial charge in [0.1, 0.15) is 0 Å². The van der Waals surface area contributed by atoms with Crippen LogP contribution in [0.25, 0.3) is 0 Å². The van der Waals surface area contributed by atoms with E-state index in [0.717, 1.165) is 18.4 Å². The molecule has 27 heavy (non-hydrogen) atoms. The molecule has 1 saturated heterocycles. The number of rotatable bonds is 4. The van der Waals surface area contributed by atoms with Gasteiger partial charge in [-0.1, -0.05) is 6.42 Å². The molecule has 1 aromatic rings. The van der Waals surface area contributed by atoms with Crippen molar-refractivity contribution < 1.29 is 19.5 Å². The lowest BCUT2D eigenvalue weighted by Gasteiger charge is -2.23. The number of amides is 3. The zero-order valence-corrected chi connectivity index (χ0v) is 16.0. The van der Waals surface area contributed by atoms with Crippen molar-refractivity contribution in [2.45, 2.75) is 46.1 Å². The largest absolute Gasteiger partial charge is 0.481 e. The standard InChI is InChI=1S/C20H27N3O4/c1-12(2)21-17(24)16-7-6-15(9-13(16)3)22-19(27)23-10-14-5-4-8-20(14,11-23)18(25)26/h6-7,9,12,14H,4-5,8,10-11H2,1-3H3,(H,21,24)(H,22,27)(H,25,26)/t14-,20+/m0/s1. The number of carbonyl (C=O) groups is 3. The molecule has 3 rings (SSSR count). The van der Waals surface area contributed by atoms with Gasteiger partial charge < -0.3 is 20.6 Å². The molecule has 0 aromatic heterocycles. The van der Waals surface area contributed by atoms with Crippen molar-refractivity contribution in [3.05, 3.63) is 29.3 Å². The Morgan fingerprint density at radius 2 is 2.04 bits per heavy atom. The Hall–Kier alpha value is -2.57. The summed E-state index contributed by atoms with van der Waals surface area (Å²) < 4.78 is 0. The maximum absolute atomic E-state index is 12.6. The Labute approximate surface area is 159 Å². The van der Waals surface area contributed by atoms with Crippen LogP contribution >= 0.6 is 0 Å². The molecule has 7 nitrogen and oxygen atoms in total. The minimum absolute atomic E-state index is 0.0320. The summed E-state index contributed by atoms with van der Waals surface area (Å²) in [6, 6.07) is 4.91. The van der Waals surface area contributed by atoms with Crippen LogP contribution in [0, 0.1) is 18.3 Å². The number of benzene rings is 1. The first kappa shape index (κ1) is 19.2. The second kappa shape index (κ2) is 7.21. The summed E-state index contributed by atoms with van der Waals surface area (Å²) in [6.45, 7) is 6.36. The lowest BCUT2D eigenvalue weighted by molar-refractivity contribution is -0.149. The number of carboxylic acid groups (broad SMARTS) is 1. The van der Waals surface area contributed by atoms with Crippen LogP contribution < -0.4 is 10.6 Å². The molecule has 0 unspecified atom stereocenters. The number of carboxylic acids is 1. The van der Waals surface area contributed by atoms with E-state index in [-0.39, 0.29) is 30.4 Å². The number of nitrogens with zero attached hydrogens (tertiary/aromatic N) is 1. The molecule has 1 aliphatic heterocycles. The number of anilines is 1. The van der Waals surface area contributed by atoms with Crippen molar-refractivity contribution in [3.8, 4) is 0 Å². The summed E-state index contributed by atoms with van der Waals surface area (Å²) in [5, 5.41) is 15.3. The number of aliphatic carboxylic acids is 1. The molecule has 2 aliphatic rings. The monoisotopic (exact) mass is 373 g/mol.